The summed E-state index contributed by atoms with van der Waals surface area (Å²) in [5, 5.41) is 11.7. The number of aliphatic hydroxyl groups is 1. The Morgan fingerprint density at radius 1 is 1.17 bits per heavy atom. The minimum Gasteiger partial charge on any atom is -0.394 e. The topological polar surface area (TPSA) is 72.9 Å². The molecule has 2 N–H and O–H groups in total. The summed E-state index contributed by atoms with van der Waals surface area (Å²) in [6, 6.07) is 9.85. The van der Waals surface area contributed by atoms with Gasteiger partial charge in [0.05, 0.1) is 12.6 Å². The quantitative estimate of drug-likeness (QED) is 0.762. The lowest BCUT2D eigenvalue weighted by atomic mass is 10.2. The van der Waals surface area contributed by atoms with Crippen LogP contribution >= 0.6 is 0 Å². The lowest BCUT2D eigenvalue weighted by molar-refractivity contribution is -0.147. The number of aliphatic hydroxyl groups excluding tert-OH is 1. The van der Waals surface area contributed by atoms with Crippen molar-refractivity contribution in [2.75, 3.05) is 32.8 Å². The molecule has 0 aromatic heterocycles. The van der Waals surface area contributed by atoms with Gasteiger partial charge in [-0.25, -0.2) is 0 Å². The molecule has 1 aliphatic heterocycles. The fraction of sp³-hybridized carbons (Fsp3) is 0.529. The van der Waals surface area contributed by atoms with Crippen LogP contribution in [0.3, 0.4) is 0 Å². The Kier molecular flexibility index (Phi) is 6.55. The zero-order chi connectivity index (χ0) is 16.7. The van der Waals surface area contributed by atoms with Gasteiger partial charge < -0.3 is 15.3 Å². The SMILES string of the molecule is CCC(CO)NC(=O)C(=O)N1CCN(Cc2ccccc2)CC1. The van der Waals surface area contributed by atoms with E-state index in [9.17, 15) is 9.59 Å². The number of nitrogens with zero attached hydrogens (tertiary/aromatic N) is 2. The van der Waals surface area contributed by atoms with Crippen LogP contribution in [0.2, 0.25) is 0 Å². The summed E-state index contributed by atoms with van der Waals surface area (Å²) in [4.78, 5) is 27.9. The third-order valence-electron chi connectivity index (χ3n) is 4.15. The minimum absolute atomic E-state index is 0.152. The van der Waals surface area contributed by atoms with Gasteiger partial charge in [-0.1, -0.05) is 37.3 Å². The number of amides is 2. The van der Waals surface area contributed by atoms with Gasteiger partial charge >= 0.3 is 11.8 Å². The van der Waals surface area contributed by atoms with E-state index in [2.05, 4.69) is 22.3 Å². The fourth-order valence-electron chi connectivity index (χ4n) is 2.62. The van der Waals surface area contributed by atoms with Crippen molar-refractivity contribution >= 4 is 11.8 Å². The molecule has 1 fully saturated rings. The maximum atomic E-state index is 12.1. The number of hydrogen-bond acceptors (Lipinski definition) is 4. The predicted molar refractivity (Wildman–Crippen MR) is 87.6 cm³/mol. The lowest BCUT2D eigenvalue weighted by Gasteiger charge is -2.34. The van der Waals surface area contributed by atoms with Gasteiger partial charge in [-0.3, -0.25) is 14.5 Å². The molecule has 0 radical (unpaired) electrons. The second-order valence-electron chi connectivity index (χ2n) is 5.82. The molecule has 0 saturated carbocycles. The van der Waals surface area contributed by atoms with Crippen molar-refractivity contribution in [2.45, 2.75) is 25.9 Å². The molecule has 1 aromatic rings. The molecule has 23 heavy (non-hydrogen) atoms. The number of carbonyl (C=O) groups excluding carboxylic acids is 2. The first kappa shape index (κ1) is 17.4. The summed E-state index contributed by atoms with van der Waals surface area (Å²) in [6.45, 7) is 5.17. The fourth-order valence-corrected chi connectivity index (χ4v) is 2.62. The minimum atomic E-state index is -0.623. The van der Waals surface area contributed by atoms with Crippen molar-refractivity contribution in [1.29, 1.82) is 0 Å². The molecule has 1 aliphatic rings. The van der Waals surface area contributed by atoms with Crippen molar-refractivity contribution in [3.05, 3.63) is 35.9 Å². The number of nitrogens with one attached hydrogen (secondary N) is 1. The van der Waals surface area contributed by atoms with E-state index in [1.807, 2.05) is 25.1 Å². The number of benzene rings is 1. The second-order valence-corrected chi connectivity index (χ2v) is 5.82. The van der Waals surface area contributed by atoms with Crippen molar-refractivity contribution in [3.63, 3.8) is 0 Å². The van der Waals surface area contributed by atoms with Gasteiger partial charge in [0.25, 0.3) is 0 Å². The first-order valence-corrected chi connectivity index (χ1v) is 8.11. The van der Waals surface area contributed by atoms with Crippen molar-refractivity contribution in [2.24, 2.45) is 0 Å². The van der Waals surface area contributed by atoms with Crippen LogP contribution < -0.4 is 5.32 Å². The van der Waals surface area contributed by atoms with Crippen molar-refractivity contribution in [1.82, 2.24) is 15.1 Å². The molecule has 1 unspecified atom stereocenters. The molecular weight excluding hydrogens is 294 g/mol. The van der Waals surface area contributed by atoms with Crippen LogP contribution in [0, 0.1) is 0 Å². The maximum Gasteiger partial charge on any atom is 0.311 e. The first-order chi connectivity index (χ1) is 11.1. The van der Waals surface area contributed by atoms with E-state index in [0.717, 1.165) is 19.6 Å². The van der Waals surface area contributed by atoms with Crippen LogP contribution in [0.15, 0.2) is 30.3 Å². The highest BCUT2D eigenvalue weighted by Crippen LogP contribution is 2.08. The van der Waals surface area contributed by atoms with Crippen LogP contribution in [0.1, 0.15) is 18.9 Å². The highest BCUT2D eigenvalue weighted by molar-refractivity contribution is 6.35. The molecular formula is C17H25N3O3. The molecule has 1 atom stereocenters. The predicted octanol–water partition coefficient (Wildman–Crippen LogP) is 0.218. The van der Waals surface area contributed by atoms with Crippen LogP contribution in [-0.2, 0) is 16.1 Å². The smallest absolute Gasteiger partial charge is 0.311 e. The normalized spacial score (nSPS) is 16.9. The van der Waals surface area contributed by atoms with E-state index < -0.39 is 11.8 Å². The molecule has 6 heteroatoms. The summed E-state index contributed by atoms with van der Waals surface area (Å²) < 4.78 is 0. The molecule has 6 nitrogen and oxygen atoms in total. The monoisotopic (exact) mass is 319 g/mol. The summed E-state index contributed by atoms with van der Waals surface area (Å²) in [5.74, 6) is -1.13. The summed E-state index contributed by atoms with van der Waals surface area (Å²) >= 11 is 0. The summed E-state index contributed by atoms with van der Waals surface area (Å²) in [5.41, 5.74) is 1.25. The molecule has 2 amide bonds. The van der Waals surface area contributed by atoms with E-state index >= 15 is 0 Å². The van der Waals surface area contributed by atoms with Gasteiger partial charge in [0.15, 0.2) is 0 Å². The third kappa shape index (κ3) is 5.04. The van der Waals surface area contributed by atoms with E-state index in [1.54, 1.807) is 4.90 Å². The Hall–Kier alpha value is -1.92. The van der Waals surface area contributed by atoms with Gasteiger partial charge in [-0.15, -0.1) is 0 Å². The highest BCUT2D eigenvalue weighted by atomic mass is 16.3. The Morgan fingerprint density at radius 3 is 2.39 bits per heavy atom. The van der Waals surface area contributed by atoms with Gasteiger partial charge in [0.1, 0.15) is 0 Å². The van der Waals surface area contributed by atoms with E-state index in [4.69, 9.17) is 5.11 Å². The molecule has 1 aromatic carbocycles. The van der Waals surface area contributed by atoms with Gasteiger partial charge in [-0.2, -0.15) is 0 Å². The van der Waals surface area contributed by atoms with Crippen LogP contribution in [-0.4, -0.2) is 65.5 Å². The van der Waals surface area contributed by atoms with E-state index in [0.29, 0.717) is 19.5 Å². The van der Waals surface area contributed by atoms with E-state index in [1.165, 1.54) is 5.56 Å². The largest absolute Gasteiger partial charge is 0.394 e. The third-order valence-corrected chi connectivity index (χ3v) is 4.15. The first-order valence-electron chi connectivity index (χ1n) is 8.11. The standard InChI is InChI=1S/C17H25N3O3/c1-2-15(13-21)18-16(22)17(23)20-10-8-19(9-11-20)12-14-6-4-3-5-7-14/h3-7,15,21H,2,8-13H2,1H3,(H,18,22). The van der Waals surface area contributed by atoms with Gasteiger partial charge in [-0.05, 0) is 12.0 Å². The Bertz CT molecular complexity index is 509. The molecule has 1 heterocycles. The number of hydrogen-bond donors (Lipinski definition) is 2. The molecule has 1 saturated heterocycles. The second kappa shape index (κ2) is 8.64. The average Bonchev–Trinajstić information content (AvgIpc) is 2.60. The van der Waals surface area contributed by atoms with Crippen molar-refractivity contribution < 1.29 is 14.7 Å². The van der Waals surface area contributed by atoms with Crippen LogP contribution in [0.4, 0.5) is 0 Å². The molecule has 0 aliphatic carbocycles. The summed E-state index contributed by atoms with van der Waals surface area (Å²) in [6.07, 6.45) is 0.598. The molecule has 126 valence electrons. The molecule has 2 rings (SSSR count). The molecule has 0 bridgehead atoms. The van der Waals surface area contributed by atoms with Gasteiger partial charge in [0.2, 0.25) is 0 Å². The zero-order valence-electron chi connectivity index (χ0n) is 13.6. The Labute approximate surface area is 137 Å². The average molecular weight is 319 g/mol. The lowest BCUT2D eigenvalue weighted by Crippen LogP contribution is -2.53. The van der Waals surface area contributed by atoms with Gasteiger partial charge in [0, 0.05) is 32.7 Å². The van der Waals surface area contributed by atoms with Crippen molar-refractivity contribution in [3.8, 4) is 0 Å². The van der Waals surface area contributed by atoms with E-state index in [-0.39, 0.29) is 12.6 Å². The Balaban J connectivity index is 1.79. The zero-order valence-corrected chi connectivity index (χ0v) is 13.6. The summed E-state index contributed by atoms with van der Waals surface area (Å²) in [7, 11) is 0. The number of carbonyl (C=O) groups is 2. The number of rotatable bonds is 5. The maximum absolute atomic E-state index is 12.1. The van der Waals surface area contributed by atoms with Crippen LogP contribution in [0.5, 0.6) is 0 Å². The Morgan fingerprint density at radius 2 is 1.83 bits per heavy atom. The number of piperazine rings is 1. The molecule has 0 spiro atoms. The van der Waals surface area contributed by atoms with Crippen LogP contribution in [0.25, 0.3) is 0 Å². The highest BCUT2D eigenvalue weighted by Gasteiger charge is 2.26.